The van der Waals surface area contributed by atoms with Crippen LogP contribution in [-0.2, 0) is 0 Å². The van der Waals surface area contributed by atoms with Crippen molar-refractivity contribution in [3.63, 3.8) is 0 Å². The van der Waals surface area contributed by atoms with E-state index in [0.29, 0.717) is 0 Å². The van der Waals surface area contributed by atoms with Gasteiger partial charge in [0.1, 0.15) is 0 Å². The highest BCUT2D eigenvalue weighted by Gasteiger charge is 2.33. The van der Waals surface area contributed by atoms with Crippen LogP contribution in [-0.4, -0.2) is 0 Å². The first-order valence-electron chi connectivity index (χ1n) is 4.54. The Morgan fingerprint density at radius 2 is 2.00 bits per heavy atom. The maximum Gasteiger partial charge on any atom is -0.0203 e. The number of allylic oxidation sites excluding steroid dienone is 1. The summed E-state index contributed by atoms with van der Waals surface area (Å²) in [6.45, 7) is 8.04. The van der Waals surface area contributed by atoms with E-state index in [1.54, 1.807) is 5.57 Å². The highest BCUT2D eigenvalue weighted by molar-refractivity contribution is 5.12. The Kier molecular flexibility index (Phi) is 2.53. The van der Waals surface area contributed by atoms with Crippen LogP contribution < -0.4 is 0 Å². The maximum atomic E-state index is 4.04. The molecule has 2 atom stereocenters. The molecular weight excluding hydrogens is 120 g/mol. The molecule has 2 unspecified atom stereocenters. The highest BCUT2D eigenvalue weighted by Crippen LogP contribution is 2.46. The van der Waals surface area contributed by atoms with Crippen molar-refractivity contribution in [1.82, 2.24) is 0 Å². The zero-order chi connectivity index (χ0) is 7.56. The molecule has 0 aromatic carbocycles. The minimum absolute atomic E-state index is 0.944. The Hall–Kier alpha value is -0.260. The largest absolute Gasteiger partial charge is 0.0996 e. The molecule has 0 heteroatoms. The second kappa shape index (κ2) is 3.23. The molecule has 2 bridgehead atoms. The molecule has 0 saturated heterocycles. The summed E-state index contributed by atoms with van der Waals surface area (Å²) in [6, 6.07) is 0. The van der Waals surface area contributed by atoms with E-state index in [0.717, 1.165) is 11.8 Å². The van der Waals surface area contributed by atoms with Gasteiger partial charge in [0.15, 0.2) is 0 Å². The smallest absolute Gasteiger partial charge is 0.0203 e. The zero-order valence-electron chi connectivity index (χ0n) is 7.19. The van der Waals surface area contributed by atoms with Gasteiger partial charge in [-0.25, -0.2) is 0 Å². The van der Waals surface area contributed by atoms with Crippen molar-refractivity contribution in [2.75, 3.05) is 0 Å². The third-order valence-electron chi connectivity index (χ3n) is 2.67. The van der Waals surface area contributed by atoms with Crippen molar-refractivity contribution in [2.45, 2.75) is 39.5 Å². The standard InChI is InChI=1S/C8H12.C2H6/c1-6-4-7-2-3-8(6)5-7;1-2/h7-8H,1-5H2;1-2H3. The molecule has 10 heavy (non-hydrogen) atoms. The van der Waals surface area contributed by atoms with Crippen LogP contribution in [0.4, 0.5) is 0 Å². The first-order chi connectivity index (χ1) is 4.86. The van der Waals surface area contributed by atoms with E-state index in [1.807, 2.05) is 13.8 Å². The molecule has 0 radical (unpaired) electrons. The Labute approximate surface area is 64.3 Å². The van der Waals surface area contributed by atoms with Crippen molar-refractivity contribution in [1.29, 1.82) is 0 Å². The van der Waals surface area contributed by atoms with Gasteiger partial charge in [0.05, 0.1) is 0 Å². The molecule has 2 rings (SSSR count). The van der Waals surface area contributed by atoms with E-state index in [-0.39, 0.29) is 0 Å². The van der Waals surface area contributed by atoms with Crippen LogP contribution >= 0.6 is 0 Å². The molecule has 2 saturated carbocycles. The molecule has 0 nitrogen and oxygen atoms in total. The summed E-state index contributed by atoms with van der Waals surface area (Å²) in [5.74, 6) is 1.99. The van der Waals surface area contributed by atoms with Crippen LogP contribution in [0.5, 0.6) is 0 Å². The fraction of sp³-hybridized carbons (Fsp3) is 0.800. The average molecular weight is 138 g/mol. The van der Waals surface area contributed by atoms with Gasteiger partial charge >= 0.3 is 0 Å². The number of fused-ring (bicyclic) bond motifs is 2. The van der Waals surface area contributed by atoms with Gasteiger partial charge < -0.3 is 0 Å². The van der Waals surface area contributed by atoms with E-state index >= 15 is 0 Å². The molecule has 0 amide bonds. The van der Waals surface area contributed by atoms with Crippen LogP contribution in [0.3, 0.4) is 0 Å². The summed E-state index contributed by atoms with van der Waals surface area (Å²) in [6.07, 6.45) is 5.76. The third kappa shape index (κ3) is 1.25. The lowest BCUT2D eigenvalue weighted by Crippen LogP contribution is -1.95. The first kappa shape index (κ1) is 7.84. The van der Waals surface area contributed by atoms with Crippen LogP contribution in [0.2, 0.25) is 0 Å². The Morgan fingerprint density at radius 1 is 1.30 bits per heavy atom. The zero-order valence-corrected chi connectivity index (χ0v) is 7.19. The molecule has 2 aliphatic carbocycles. The summed E-state index contributed by atoms with van der Waals surface area (Å²) in [7, 11) is 0. The van der Waals surface area contributed by atoms with Crippen LogP contribution in [0.15, 0.2) is 12.2 Å². The summed E-state index contributed by atoms with van der Waals surface area (Å²) in [5, 5.41) is 0. The van der Waals surface area contributed by atoms with E-state index in [1.165, 1.54) is 25.7 Å². The molecule has 2 fully saturated rings. The minimum atomic E-state index is 0.944. The van der Waals surface area contributed by atoms with Gasteiger partial charge in [-0.3, -0.25) is 0 Å². The molecule has 0 heterocycles. The summed E-state index contributed by atoms with van der Waals surface area (Å²) >= 11 is 0. The topological polar surface area (TPSA) is 0 Å². The van der Waals surface area contributed by atoms with Crippen LogP contribution in [0, 0.1) is 11.8 Å². The Bertz CT molecular complexity index is 124. The fourth-order valence-corrected chi connectivity index (χ4v) is 2.17. The quantitative estimate of drug-likeness (QED) is 0.450. The van der Waals surface area contributed by atoms with Crippen molar-refractivity contribution in [2.24, 2.45) is 11.8 Å². The molecule has 58 valence electrons. The molecule has 0 aliphatic heterocycles. The molecule has 0 aromatic rings. The van der Waals surface area contributed by atoms with Crippen molar-refractivity contribution in [3.05, 3.63) is 12.2 Å². The number of hydrogen-bond acceptors (Lipinski definition) is 0. The van der Waals surface area contributed by atoms with Crippen LogP contribution in [0.1, 0.15) is 39.5 Å². The normalized spacial score (nSPS) is 35.6. The third-order valence-corrected chi connectivity index (χ3v) is 2.67. The first-order valence-corrected chi connectivity index (χ1v) is 4.54. The maximum absolute atomic E-state index is 4.04. The number of rotatable bonds is 0. The van der Waals surface area contributed by atoms with E-state index < -0.39 is 0 Å². The molecule has 0 aromatic heterocycles. The molecule has 0 N–H and O–H groups in total. The van der Waals surface area contributed by atoms with Gasteiger partial charge in [-0.2, -0.15) is 0 Å². The highest BCUT2D eigenvalue weighted by atomic mass is 14.4. The molecular formula is C10H18. The SMILES string of the molecule is C=C1CC2CCC1C2.CC. The van der Waals surface area contributed by atoms with Gasteiger partial charge in [-0.1, -0.05) is 26.0 Å². The van der Waals surface area contributed by atoms with Crippen molar-refractivity contribution in [3.8, 4) is 0 Å². The summed E-state index contributed by atoms with van der Waals surface area (Å²) < 4.78 is 0. The monoisotopic (exact) mass is 138 g/mol. The average Bonchev–Trinajstić information content (AvgIpc) is 2.52. The van der Waals surface area contributed by atoms with Crippen LogP contribution in [0.25, 0.3) is 0 Å². The Balaban J connectivity index is 0.000000231. The minimum Gasteiger partial charge on any atom is -0.0996 e. The van der Waals surface area contributed by atoms with Gasteiger partial charge in [-0.05, 0) is 37.5 Å². The van der Waals surface area contributed by atoms with Gasteiger partial charge in [0, 0.05) is 0 Å². The Morgan fingerprint density at radius 3 is 2.20 bits per heavy atom. The predicted molar refractivity (Wildman–Crippen MR) is 45.9 cm³/mol. The van der Waals surface area contributed by atoms with Gasteiger partial charge in [-0.15, -0.1) is 0 Å². The summed E-state index contributed by atoms with van der Waals surface area (Å²) in [4.78, 5) is 0. The lowest BCUT2D eigenvalue weighted by molar-refractivity contribution is 0.562. The number of hydrogen-bond donors (Lipinski definition) is 0. The molecule has 2 aliphatic rings. The summed E-state index contributed by atoms with van der Waals surface area (Å²) in [5.41, 5.74) is 1.54. The van der Waals surface area contributed by atoms with Gasteiger partial charge in [0.25, 0.3) is 0 Å². The van der Waals surface area contributed by atoms with E-state index in [9.17, 15) is 0 Å². The molecule has 0 spiro atoms. The predicted octanol–water partition coefficient (Wildman–Crippen LogP) is 3.39. The second-order valence-corrected chi connectivity index (χ2v) is 3.24. The second-order valence-electron chi connectivity index (χ2n) is 3.24. The van der Waals surface area contributed by atoms with Crippen molar-refractivity contribution >= 4 is 0 Å². The van der Waals surface area contributed by atoms with E-state index in [4.69, 9.17) is 0 Å². The van der Waals surface area contributed by atoms with Gasteiger partial charge in [0.2, 0.25) is 0 Å². The lowest BCUT2D eigenvalue weighted by atomic mass is 9.96. The lowest BCUT2D eigenvalue weighted by Gasteiger charge is -2.09. The van der Waals surface area contributed by atoms with Crippen molar-refractivity contribution < 1.29 is 0 Å². The van der Waals surface area contributed by atoms with E-state index in [2.05, 4.69) is 6.58 Å². The fourth-order valence-electron chi connectivity index (χ4n) is 2.17.